The van der Waals surface area contributed by atoms with Crippen molar-refractivity contribution in [2.75, 3.05) is 13.2 Å². The van der Waals surface area contributed by atoms with Crippen LogP contribution in [0.15, 0.2) is 24.3 Å². The summed E-state index contributed by atoms with van der Waals surface area (Å²) in [5.41, 5.74) is 0.833. The molecule has 0 saturated carbocycles. The van der Waals surface area contributed by atoms with E-state index in [9.17, 15) is 14.0 Å². The SMILES string of the molecule is C#CCNC(=O)COC(=O)c1c(C)nn(-c2ccc(F)cc2)c1Cl. The van der Waals surface area contributed by atoms with Crippen molar-refractivity contribution >= 4 is 23.5 Å². The highest BCUT2D eigenvalue weighted by molar-refractivity contribution is 6.33. The van der Waals surface area contributed by atoms with Gasteiger partial charge in [-0.2, -0.15) is 5.10 Å². The molecule has 0 saturated heterocycles. The molecule has 8 heteroatoms. The minimum Gasteiger partial charge on any atom is -0.452 e. The maximum atomic E-state index is 13.0. The van der Waals surface area contributed by atoms with Crippen molar-refractivity contribution in [1.29, 1.82) is 0 Å². The number of hydrogen-bond donors (Lipinski definition) is 1. The van der Waals surface area contributed by atoms with Crippen molar-refractivity contribution in [3.63, 3.8) is 0 Å². The number of nitrogens with one attached hydrogen (secondary N) is 1. The average Bonchev–Trinajstić information content (AvgIpc) is 2.86. The first-order valence-corrected chi connectivity index (χ1v) is 7.20. The van der Waals surface area contributed by atoms with E-state index in [1.807, 2.05) is 0 Å². The number of nitrogens with zero attached hydrogens (tertiary/aromatic N) is 2. The Kier molecular flexibility index (Phi) is 5.55. The Hall–Kier alpha value is -2.85. The lowest BCUT2D eigenvalue weighted by Gasteiger charge is -2.05. The second-order valence-corrected chi connectivity index (χ2v) is 5.05. The lowest BCUT2D eigenvalue weighted by molar-refractivity contribution is -0.123. The molecular formula is C16H13ClFN3O3. The van der Waals surface area contributed by atoms with Crippen LogP contribution in [0.3, 0.4) is 0 Å². The zero-order valence-corrected chi connectivity index (χ0v) is 13.4. The number of terminal acetylenes is 1. The van der Waals surface area contributed by atoms with E-state index in [4.69, 9.17) is 22.8 Å². The van der Waals surface area contributed by atoms with Gasteiger partial charge in [0.15, 0.2) is 6.61 Å². The van der Waals surface area contributed by atoms with Gasteiger partial charge in [-0.15, -0.1) is 6.42 Å². The summed E-state index contributed by atoms with van der Waals surface area (Å²) in [6.07, 6.45) is 5.01. The summed E-state index contributed by atoms with van der Waals surface area (Å²) in [6.45, 7) is 1.12. The Labute approximate surface area is 142 Å². The molecule has 0 atom stereocenters. The van der Waals surface area contributed by atoms with Gasteiger partial charge < -0.3 is 10.1 Å². The summed E-state index contributed by atoms with van der Waals surface area (Å²) in [6, 6.07) is 5.43. The Morgan fingerprint density at radius 3 is 2.71 bits per heavy atom. The van der Waals surface area contributed by atoms with Gasteiger partial charge in [0, 0.05) is 0 Å². The molecule has 24 heavy (non-hydrogen) atoms. The van der Waals surface area contributed by atoms with E-state index >= 15 is 0 Å². The molecule has 1 N–H and O–H groups in total. The molecule has 0 aliphatic heterocycles. The van der Waals surface area contributed by atoms with E-state index in [0.29, 0.717) is 11.4 Å². The zero-order valence-electron chi connectivity index (χ0n) is 12.7. The monoisotopic (exact) mass is 349 g/mol. The van der Waals surface area contributed by atoms with Crippen LogP contribution in [0, 0.1) is 25.1 Å². The number of halogens is 2. The molecule has 1 aromatic carbocycles. The molecule has 124 valence electrons. The van der Waals surface area contributed by atoms with Gasteiger partial charge in [-0.05, 0) is 31.2 Å². The van der Waals surface area contributed by atoms with Crippen LogP contribution in [-0.4, -0.2) is 34.8 Å². The predicted octanol–water partition coefficient (Wildman–Crippen LogP) is 1.88. The number of carbonyl (C=O) groups excluding carboxylic acids is 2. The second-order valence-electron chi connectivity index (χ2n) is 4.70. The first-order valence-electron chi connectivity index (χ1n) is 6.82. The molecule has 2 aromatic rings. The molecule has 1 heterocycles. The zero-order chi connectivity index (χ0) is 17.7. The van der Waals surface area contributed by atoms with Crippen molar-refractivity contribution in [2.24, 2.45) is 0 Å². The number of hydrogen-bond acceptors (Lipinski definition) is 4. The number of aryl methyl sites for hydroxylation is 1. The fourth-order valence-electron chi connectivity index (χ4n) is 1.89. The number of benzene rings is 1. The van der Waals surface area contributed by atoms with Crippen molar-refractivity contribution in [2.45, 2.75) is 6.92 Å². The Morgan fingerprint density at radius 2 is 2.08 bits per heavy atom. The normalized spacial score (nSPS) is 10.1. The summed E-state index contributed by atoms with van der Waals surface area (Å²) >= 11 is 6.18. The van der Waals surface area contributed by atoms with Crippen LogP contribution in [0.2, 0.25) is 5.15 Å². The third-order valence-electron chi connectivity index (χ3n) is 3.00. The average molecular weight is 350 g/mol. The molecular weight excluding hydrogens is 337 g/mol. The standard InChI is InChI=1S/C16H13ClFN3O3/c1-3-8-19-13(22)9-24-16(23)14-10(2)20-21(15(14)17)12-6-4-11(18)5-7-12/h1,4-7H,8-9H2,2H3,(H,19,22). The number of ether oxygens (including phenoxy) is 1. The van der Waals surface area contributed by atoms with Gasteiger partial charge in [-0.1, -0.05) is 17.5 Å². The predicted molar refractivity (Wildman–Crippen MR) is 85.4 cm³/mol. The van der Waals surface area contributed by atoms with Gasteiger partial charge in [-0.25, -0.2) is 13.9 Å². The molecule has 1 amide bonds. The number of aromatic nitrogens is 2. The second kappa shape index (κ2) is 7.62. The largest absolute Gasteiger partial charge is 0.452 e. The Bertz CT molecular complexity index is 809. The third-order valence-corrected chi connectivity index (χ3v) is 3.35. The van der Waals surface area contributed by atoms with Gasteiger partial charge in [0.05, 0.1) is 17.9 Å². The molecule has 2 rings (SSSR count). The maximum Gasteiger partial charge on any atom is 0.343 e. The van der Waals surface area contributed by atoms with Crippen LogP contribution in [0.1, 0.15) is 16.1 Å². The van der Waals surface area contributed by atoms with Gasteiger partial charge in [-0.3, -0.25) is 4.79 Å². The van der Waals surface area contributed by atoms with Crippen LogP contribution in [-0.2, 0) is 9.53 Å². The number of amides is 1. The minimum atomic E-state index is -0.790. The van der Waals surface area contributed by atoms with Crippen LogP contribution < -0.4 is 5.32 Å². The number of esters is 1. The van der Waals surface area contributed by atoms with Crippen molar-refractivity contribution in [3.05, 3.63) is 46.5 Å². The maximum absolute atomic E-state index is 13.0. The fraction of sp³-hybridized carbons (Fsp3) is 0.188. The van der Waals surface area contributed by atoms with Gasteiger partial charge in [0.1, 0.15) is 16.5 Å². The summed E-state index contributed by atoms with van der Waals surface area (Å²) in [5, 5.41) is 6.51. The summed E-state index contributed by atoms with van der Waals surface area (Å²) in [7, 11) is 0. The lowest BCUT2D eigenvalue weighted by atomic mass is 10.2. The topological polar surface area (TPSA) is 73.2 Å². The van der Waals surface area contributed by atoms with Gasteiger partial charge >= 0.3 is 5.97 Å². The molecule has 0 fully saturated rings. The minimum absolute atomic E-state index is 0.00754. The molecule has 0 bridgehead atoms. The number of rotatable bonds is 5. The quantitative estimate of drug-likeness (QED) is 0.660. The lowest BCUT2D eigenvalue weighted by Crippen LogP contribution is -2.29. The summed E-state index contributed by atoms with van der Waals surface area (Å²) in [4.78, 5) is 23.5. The first-order chi connectivity index (χ1) is 11.4. The van der Waals surface area contributed by atoms with E-state index in [1.165, 1.54) is 28.9 Å². The number of carbonyl (C=O) groups is 2. The van der Waals surface area contributed by atoms with Crippen molar-refractivity contribution in [3.8, 4) is 18.0 Å². The van der Waals surface area contributed by atoms with E-state index in [-0.39, 0.29) is 17.3 Å². The van der Waals surface area contributed by atoms with E-state index in [0.717, 1.165) is 0 Å². The highest BCUT2D eigenvalue weighted by Crippen LogP contribution is 2.24. The van der Waals surface area contributed by atoms with E-state index < -0.39 is 24.3 Å². The third kappa shape index (κ3) is 3.91. The molecule has 0 aliphatic rings. The first kappa shape index (κ1) is 17.5. The van der Waals surface area contributed by atoms with E-state index in [2.05, 4.69) is 16.3 Å². The molecule has 6 nitrogen and oxygen atoms in total. The molecule has 0 radical (unpaired) electrons. The fourth-order valence-corrected chi connectivity index (χ4v) is 2.24. The highest BCUT2D eigenvalue weighted by atomic mass is 35.5. The van der Waals surface area contributed by atoms with Gasteiger partial charge in [0.25, 0.3) is 5.91 Å². The van der Waals surface area contributed by atoms with Crippen LogP contribution in [0.4, 0.5) is 4.39 Å². The van der Waals surface area contributed by atoms with Crippen LogP contribution in [0.5, 0.6) is 0 Å². The summed E-state index contributed by atoms with van der Waals surface area (Å²) in [5.74, 6) is 0.505. The van der Waals surface area contributed by atoms with E-state index in [1.54, 1.807) is 6.92 Å². The van der Waals surface area contributed by atoms with Crippen LogP contribution >= 0.6 is 11.6 Å². The van der Waals surface area contributed by atoms with Crippen molar-refractivity contribution < 1.29 is 18.7 Å². The Balaban J connectivity index is 2.16. The molecule has 1 aromatic heterocycles. The van der Waals surface area contributed by atoms with Gasteiger partial charge in [0.2, 0.25) is 0 Å². The molecule has 0 unspecified atom stereocenters. The smallest absolute Gasteiger partial charge is 0.343 e. The highest BCUT2D eigenvalue weighted by Gasteiger charge is 2.23. The summed E-state index contributed by atoms with van der Waals surface area (Å²) < 4.78 is 19.2. The van der Waals surface area contributed by atoms with Crippen LogP contribution in [0.25, 0.3) is 5.69 Å². The molecule has 0 spiro atoms. The Morgan fingerprint density at radius 1 is 1.42 bits per heavy atom. The molecule has 0 aliphatic carbocycles. The van der Waals surface area contributed by atoms with Crippen molar-refractivity contribution in [1.82, 2.24) is 15.1 Å².